The number of halogens is 1. The van der Waals surface area contributed by atoms with Crippen molar-refractivity contribution in [2.75, 3.05) is 34.9 Å². The van der Waals surface area contributed by atoms with Crippen molar-refractivity contribution < 1.29 is 47.7 Å². The fourth-order valence-electron chi connectivity index (χ4n) is 6.28. The summed E-state index contributed by atoms with van der Waals surface area (Å²) in [6.45, 7) is 4.20. The molecule has 2 aliphatic rings. The third-order valence-electron chi connectivity index (χ3n) is 9.54. The summed E-state index contributed by atoms with van der Waals surface area (Å²) in [7, 11) is 5.69. The van der Waals surface area contributed by atoms with Gasteiger partial charge in [0.25, 0.3) is 0 Å². The molecule has 4 bridgehead atoms. The second kappa shape index (κ2) is 19.1. The number of aliphatic hydroxyl groups excluding tert-OH is 1. The van der Waals surface area contributed by atoms with Gasteiger partial charge in [0, 0.05) is 33.4 Å². The minimum absolute atomic E-state index is 0.00129. The number of hydrogen-bond acceptors (Lipinski definition) is 9. The molecule has 0 aromatic heterocycles. The number of benzene rings is 3. The standard InChI is InChI=1S/C40H50FN5O9/c1-8-36(48)42-23(2)39(51)46(5)32(20-27-11-15-33(53-6)30(41)18-27)37(49)43-24(3)40(52)45(4)31-19-25-9-13-29(14-10-25)55-35-21-26(12-16-34(35)54-7)17-28(22-47)44-38(31)50/h9-16,18,21,23-24,28,31-32,47H,8,17,19-20,22H2,1-7H3,(H,42,48)(H,43,49)(H,44,50)/t23-,24-,28-,31-,32-/m0/s1. The third-order valence-corrected chi connectivity index (χ3v) is 9.54. The van der Waals surface area contributed by atoms with Gasteiger partial charge < -0.3 is 45.1 Å². The number of methoxy groups -OCH3 is 2. The molecule has 0 spiro atoms. The van der Waals surface area contributed by atoms with E-state index >= 15 is 0 Å². The zero-order valence-corrected chi connectivity index (χ0v) is 32.2. The zero-order chi connectivity index (χ0) is 40.4. The van der Waals surface area contributed by atoms with Crippen molar-refractivity contribution in [1.29, 1.82) is 0 Å². The Hall–Kier alpha value is -5.70. The Bertz CT molecular complexity index is 1860. The van der Waals surface area contributed by atoms with Gasteiger partial charge in [-0.25, -0.2) is 4.39 Å². The molecule has 0 saturated heterocycles. The molecule has 5 rings (SSSR count). The first-order valence-corrected chi connectivity index (χ1v) is 18.0. The molecule has 2 aliphatic heterocycles. The van der Waals surface area contributed by atoms with Crippen LogP contribution in [0.25, 0.3) is 0 Å². The van der Waals surface area contributed by atoms with Gasteiger partial charge in [-0.05, 0) is 73.4 Å². The largest absolute Gasteiger partial charge is 0.494 e. The number of aliphatic hydroxyl groups is 1. The molecule has 0 unspecified atom stereocenters. The molecule has 296 valence electrons. The van der Waals surface area contributed by atoms with Crippen LogP contribution in [-0.4, -0.2) is 110 Å². The summed E-state index contributed by atoms with van der Waals surface area (Å²) in [5, 5.41) is 18.4. The Morgan fingerprint density at radius 3 is 2.16 bits per heavy atom. The molecule has 0 fully saturated rings. The summed E-state index contributed by atoms with van der Waals surface area (Å²) in [6, 6.07) is 11.3. The van der Waals surface area contributed by atoms with E-state index < -0.39 is 59.7 Å². The van der Waals surface area contributed by atoms with Gasteiger partial charge in [0.15, 0.2) is 23.1 Å². The highest BCUT2D eigenvalue weighted by Crippen LogP contribution is 2.33. The van der Waals surface area contributed by atoms with Crippen LogP contribution in [0.2, 0.25) is 0 Å². The fourth-order valence-corrected chi connectivity index (χ4v) is 6.28. The zero-order valence-electron chi connectivity index (χ0n) is 32.2. The van der Waals surface area contributed by atoms with E-state index in [1.807, 2.05) is 0 Å². The van der Waals surface area contributed by atoms with Crippen LogP contribution in [0, 0.1) is 5.82 Å². The van der Waals surface area contributed by atoms with Gasteiger partial charge in [0.05, 0.1) is 26.9 Å². The monoisotopic (exact) mass is 763 g/mol. The highest BCUT2D eigenvalue weighted by atomic mass is 19.1. The van der Waals surface area contributed by atoms with E-state index in [4.69, 9.17) is 14.2 Å². The molecule has 0 radical (unpaired) electrons. The molecule has 0 aliphatic carbocycles. The van der Waals surface area contributed by atoms with Gasteiger partial charge in [0.1, 0.15) is 29.9 Å². The van der Waals surface area contributed by atoms with Crippen LogP contribution in [0.3, 0.4) is 0 Å². The predicted molar refractivity (Wildman–Crippen MR) is 201 cm³/mol. The molecule has 4 N–H and O–H groups in total. The third kappa shape index (κ3) is 10.7. The van der Waals surface area contributed by atoms with Crippen molar-refractivity contribution in [3.8, 4) is 23.0 Å². The number of fused-ring (bicyclic) bond motifs is 7. The number of carbonyl (C=O) groups is 5. The molecule has 5 atom stereocenters. The van der Waals surface area contributed by atoms with Crippen LogP contribution < -0.4 is 30.2 Å². The summed E-state index contributed by atoms with van der Waals surface area (Å²) in [5.41, 5.74) is 1.84. The first-order chi connectivity index (χ1) is 26.2. The van der Waals surface area contributed by atoms with Crippen molar-refractivity contribution in [2.45, 2.75) is 76.7 Å². The Morgan fingerprint density at radius 2 is 1.55 bits per heavy atom. The smallest absolute Gasteiger partial charge is 0.245 e. The van der Waals surface area contributed by atoms with Gasteiger partial charge in [-0.2, -0.15) is 0 Å². The number of hydrogen-bond donors (Lipinski definition) is 4. The maximum Gasteiger partial charge on any atom is 0.245 e. The average Bonchev–Trinajstić information content (AvgIpc) is 3.17. The second-order valence-electron chi connectivity index (χ2n) is 13.5. The Balaban J connectivity index is 1.58. The van der Waals surface area contributed by atoms with E-state index in [1.165, 1.54) is 59.2 Å². The van der Waals surface area contributed by atoms with E-state index in [0.717, 1.165) is 10.5 Å². The summed E-state index contributed by atoms with van der Waals surface area (Å²) in [4.78, 5) is 69.7. The SMILES string of the molecule is CCC(=O)N[C@@H](C)C(=O)N(C)[C@@H](Cc1ccc(OC)c(F)c1)C(=O)N[C@@H](C)C(=O)N(C)[C@H]1Cc2ccc(cc2)Oc2cc(ccc2OC)C[C@@H](CO)NC1=O. The molecular formula is C40H50FN5O9. The molecule has 15 heteroatoms. The quantitative estimate of drug-likeness (QED) is 0.204. The lowest BCUT2D eigenvalue weighted by atomic mass is 10.0. The van der Waals surface area contributed by atoms with Crippen molar-refractivity contribution in [3.63, 3.8) is 0 Å². The van der Waals surface area contributed by atoms with Gasteiger partial charge in [0.2, 0.25) is 29.5 Å². The molecular weight excluding hydrogens is 713 g/mol. The van der Waals surface area contributed by atoms with Gasteiger partial charge >= 0.3 is 0 Å². The van der Waals surface area contributed by atoms with E-state index in [-0.39, 0.29) is 43.9 Å². The van der Waals surface area contributed by atoms with E-state index in [0.29, 0.717) is 28.4 Å². The molecule has 14 nitrogen and oxygen atoms in total. The lowest BCUT2D eigenvalue weighted by molar-refractivity contribution is -0.144. The molecule has 3 aromatic rings. The Labute approximate surface area is 320 Å². The number of ether oxygens (including phenoxy) is 3. The lowest BCUT2D eigenvalue weighted by Crippen LogP contribution is -2.59. The van der Waals surface area contributed by atoms with E-state index in [1.54, 1.807) is 55.5 Å². The van der Waals surface area contributed by atoms with Gasteiger partial charge in [-0.1, -0.05) is 31.2 Å². The number of amides is 5. The summed E-state index contributed by atoms with van der Waals surface area (Å²) in [6.07, 6.45) is 0.352. The predicted octanol–water partition coefficient (Wildman–Crippen LogP) is 2.53. The van der Waals surface area contributed by atoms with Crippen LogP contribution in [0.15, 0.2) is 60.7 Å². The van der Waals surface area contributed by atoms with Crippen LogP contribution in [0.1, 0.15) is 43.9 Å². The van der Waals surface area contributed by atoms with E-state index in [2.05, 4.69) is 16.0 Å². The summed E-state index contributed by atoms with van der Waals surface area (Å²) < 4.78 is 31.2. The van der Waals surface area contributed by atoms with Crippen molar-refractivity contribution >= 4 is 29.5 Å². The lowest BCUT2D eigenvalue weighted by Gasteiger charge is -2.33. The number of carbonyl (C=O) groups excluding carboxylic acids is 5. The highest BCUT2D eigenvalue weighted by molar-refractivity contribution is 5.95. The van der Waals surface area contributed by atoms with Crippen molar-refractivity contribution in [2.24, 2.45) is 0 Å². The molecule has 2 heterocycles. The summed E-state index contributed by atoms with van der Waals surface area (Å²) in [5.74, 6) is -1.95. The minimum Gasteiger partial charge on any atom is -0.494 e. The molecule has 3 aromatic carbocycles. The minimum atomic E-state index is -1.23. The first kappa shape index (κ1) is 42.0. The summed E-state index contributed by atoms with van der Waals surface area (Å²) >= 11 is 0. The fraction of sp³-hybridized carbons (Fsp3) is 0.425. The average molecular weight is 764 g/mol. The highest BCUT2D eigenvalue weighted by Gasteiger charge is 2.35. The van der Waals surface area contributed by atoms with Gasteiger partial charge in [-0.3, -0.25) is 24.0 Å². The number of rotatable bonds is 13. The topological polar surface area (TPSA) is 176 Å². The van der Waals surface area contributed by atoms with Crippen molar-refractivity contribution in [1.82, 2.24) is 25.8 Å². The normalized spacial score (nSPS) is 16.9. The van der Waals surface area contributed by atoms with Gasteiger partial charge in [-0.15, -0.1) is 0 Å². The Kier molecular flexibility index (Phi) is 14.6. The van der Waals surface area contributed by atoms with Crippen molar-refractivity contribution in [3.05, 3.63) is 83.2 Å². The van der Waals surface area contributed by atoms with Crippen LogP contribution in [0.5, 0.6) is 23.0 Å². The number of nitrogens with zero attached hydrogens (tertiary/aromatic N) is 2. The van der Waals surface area contributed by atoms with Crippen LogP contribution >= 0.6 is 0 Å². The molecule has 55 heavy (non-hydrogen) atoms. The van der Waals surface area contributed by atoms with E-state index in [9.17, 15) is 33.5 Å². The van der Waals surface area contributed by atoms with Crippen LogP contribution in [0.4, 0.5) is 4.39 Å². The first-order valence-electron chi connectivity index (χ1n) is 18.0. The second-order valence-corrected chi connectivity index (χ2v) is 13.5. The number of nitrogens with one attached hydrogen (secondary N) is 3. The number of likely N-dealkylation sites (N-methyl/N-ethyl adjacent to an activating group) is 2. The maximum atomic E-state index is 14.7. The molecule has 5 amide bonds. The Morgan fingerprint density at radius 1 is 0.909 bits per heavy atom. The van der Waals surface area contributed by atoms with Crippen LogP contribution in [-0.2, 0) is 43.2 Å². The molecule has 0 saturated carbocycles. The maximum absolute atomic E-state index is 14.7.